The molecule has 0 saturated heterocycles. The second kappa shape index (κ2) is 157. The number of ether oxygens (including phenoxy) is 3. The van der Waals surface area contributed by atoms with E-state index in [1.165, 1.54) is 128 Å². The summed E-state index contributed by atoms with van der Waals surface area (Å²) < 4.78 is 14.9. The van der Waals surface area contributed by atoms with Crippen molar-refractivity contribution in [1.29, 1.82) is 0 Å². The van der Waals surface area contributed by atoms with Crippen LogP contribution < -0.4 is 0 Å². The molecule has 0 N–H and O–H groups in total. The van der Waals surface area contributed by atoms with Gasteiger partial charge < -0.3 is 82.4 Å². The zero-order valence-electron chi connectivity index (χ0n) is 53.2. The van der Waals surface area contributed by atoms with E-state index in [1.807, 2.05) is 31.2 Å². The average Bonchev–Trinajstić information content (AvgIpc) is 3.33. The Morgan fingerprint density at radius 3 is 1.00 bits per heavy atom. The number of hydrogen-bond donors (Lipinski definition) is 0. The third-order valence-corrected chi connectivity index (χ3v) is 8.92. The fraction of sp³-hybridized carbons (Fsp3) is 0.742. The van der Waals surface area contributed by atoms with E-state index in [1.54, 1.807) is 0 Å². The van der Waals surface area contributed by atoms with Gasteiger partial charge in [0, 0.05) is 373 Å². The molecule has 11 radical (unpaired) electrons. The minimum atomic E-state index is 0. The van der Waals surface area contributed by atoms with Crippen molar-refractivity contribution in [3.8, 4) is 0 Å². The van der Waals surface area contributed by atoms with E-state index in [4.69, 9.17) is 14.2 Å². The summed E-state index contributed by atoms with van der Waals surface area (Å²) in [5.74, 6) is 1.92. The van der Waals surface area contributed by atoms with E-state index >= 15 is 0 Å². The predicted molar refractivity (Wildman–Crippen MR) is 302 cm³/mol. The molecule has 1 aromatic carbocycles. The van der Waals surface area contributed by atoms with Gasteiger partial charge in [-0.1, -0.05) is 192 Å². The maximum absolute atomic E-state index is 5.13. The fourth-order valence-electron chi connectivity index (χ4n) is 4.69. The Balaban J connectivity index is -0.0000000275. The fourth-order valence-corrected chi connectivity index (χ4v) is 4.69. The Bertz CT molecular complexity index is 720. The molecule has 2 aliphatic rings. The summed E-state index contributed by atoms with van der Waals surface area (Å²) in [7, 11) is 0. The van der Waals surface area contributed by atoms with E-state index in [0.717, 1.165) is 76.4 Å². The molecular weight excluding hydrogens is 1770 g/mol. The van der Waals surface area contributed by atoms with E-state index in [0.29, 0.717) is 26.4 Å². The molecule has 14 heteroatoms. The molecule has 3 nitrogen and oxygen atoms in total. The first-order chi connectivity index (χ1) is 31.5. The zero-order chi connectivity index (χ0) is 51.1. The summed E-state index contributed by atoms with van der Waals surface area (Å²) in [6, 6.07) is 10.8. The molecule has 0 aliphatic heterocycles. The van der Waals surface area contributed by atoms with Crippen LogP contribution in [-0.4, -0.2) is 39.6 Å². The first kappa shape index (κ1) is 139. The Hall–Kier alpha value is 11.2. The number of rotatable bonds is 20. The average molecular weight is 1890 g/mol. The maximum Gasteiger partial charge on any atom is 0.0699 e. The molecule has 3 rings (SSSR count). The van der Waals surface area contributed by atoms with E-state index in [9.17, 15) is 0 Å². The van der Waals surface area contributed by atoms with E-state index in [-0.39, 0.29) is 360 Å². The minimum absolute atomic E-state index is 0. The molecule has 2 saturated carbocycles. The molecule has 1 aromatic rings. The van der Waals surface area contributed by atoms with Gasteiger partial charge in [0.25, 0.3) is 0 Å². The van der Waals surface area contributed by atoms with Crippen molar-refractivity contribution in [3.63, 3.8) is 0 Å². The van der Waals surface area contributed by atoms with Crippen molar-refractivity contribution < 1.29 is 374 Å². The summed E-state index contributed by atoms with van der Waals surface area (Å²) in [5.41, 5.74) is 1.29. The maximum atomic E-state index is 5.13. The molecule has 76 heavy (non-hydrogen) atoms. The van der Waals surface area contributed by atoms with Gasteiger partial charge in [0.05, 0.1) is 13.2 Å². The molecule has 0 heterocycles. The monoisotopic (exact) mass is 1890 g/mol. The van der Waals surface area contributed by atoms with Crippen molar-refractivity contribution in [2.75, 3.05) is 39.6 Å². The van der Waals surface area contributed by atoms with Gasteiger partial charge in [-0.05, 0) is 18.8 Å². The van der Waals surface area contributed by atoms with Crippen LogP contribution in [0.1, 0.15) is 248 Å². The van der Waals surface area contributed by atoms with Gasteiger partial charge in [-0.2, -0.15) is 99.6 Å². The van der Waals surface area contributed by atoms with Crippen LogP contribution in [0.4, 0.5) is 0 Å². The number of benzene rings is 1. The van der Waals surface area contributed by atoms with Crippen molar-refractivity contribution in [2.45, 2.75) is 250 Å². The van der Waals surface area contributed by atoms with Crippen molar-refractivity contribution in [2.24, 2.45) is 11.8 Å². The second-order valence-electron chi connectivity index (χ2n) is 16.3. The van der Waals surface area contributed by atoms with E-state index < -0.39 is 0 Å². The normalized spacial score (nSPS) is 11.2. The predicted octanol–water partition coefficient (Wildman–Crippen LogP) is 20.8. The van der Waals surface area contributed by atoms with Crippen molar-refractivity contribution in [1.82, 2.24) is 0 Å². The molecule has 0 amide bonds. The Morgan fingerprint density at radius 1 is 0.434 bits per heavy atom. The van der Waals surface area contributed by atoms with Crippen molar-refractivity contribution >= 4 is 0 Å². The van der Waals surface area contributed by atoms with Crippen molar-refractivity contribution in [3.05, 3.63) is 104 Å². The van der Waals surface area contributed by atoms with Gasteiger partial charge in [-0.25, -0.2) is 0 Å². The number of unbranched alkanes of at least 4 members (excludes halogenated alkanes) is 11. The molecule has 433 valence electrons. The number of hydrogen-bond acceptors (Lipinski definition) is 3. The zero-order valence-corrected chi connectivity index (χ0v) is 84.4. The van der Waals surface area contributed by atoms with Crippen LogP contribution in [0.25, 0.3) is 0 Å². The van der Waals surface area contributed by atoms with Gasteiger partial charge >= 0.3 is 0 Å². The van der Waals surface area contributed by atoms with Gasteiger partial charge in [0.2, 0.25) is 0 Å². The number of aryl methyl sites for hydroxylation is 1. The summed E-state index contributed by atoms with van der Waals surface area (Å²) in [6.07, 6.45) is 39.1. The van der Waals surface area contributed by atoms with Gasteiger partial charge in [-0.3, -0.25) is 0 Å². The molecule has 2 fully saturated rings. The standard InChI is InChI=1S/C7H15O2.2C7H13.C7H7.C7H15.C6H13.C5H11O.C5H11.2C4H9.C3H7.11Y/c1-3-5-9-7-6-8-4-2;3*1-7-5-3-2-4-6-7;1-3-5-7-6-4-2;2*1-3-5-6-4-2;1-3-5-4-2;2*1-3-4-2;1-3-2;;;;;;;;;;;/h2-7H2,1H3;5,7H,2-4,6H2,1H3;2,7H,3-6H2,1H3;3-6H,1H3;1,3-7H2,2H3;1,3-6H2,2H3;2-5H2,1H3;1,3-5H2,2H3;2*1,3-4H2,2H3;1,3H2,2H3;;;;;;;;;;;/q11*-1;;;;;;;;;;;. The molecule has 1 atom stereocenters. The first-order valence-corrected chi connectivity index (χ1v) is 27.1. The van der Waals surface area contributed by atoms with Crippen LogP contribution in [0, 0.1) is 93.1 Å². The van der Waals surface area contributed by atoms with Crippen LogP contribution in [0.5, 0.6) is 0 Å². The molecule has 1 unspecified atom stereocenters. The second-order valence-corrected chi connectivity index (χ2v) is 16.3. The van der Waals surface area contributed by atoms with Crippen LogP contribution in [0.2, 0.25) is 0 Å². The van der Waals surface area contributed by atoms with Crippen LogP contribution in [0.3, 0.4) is 0 Å². The third kappa shape index (κ3) is 198. The molecule has 0 spiro atoms. The molecular formula is C62H123O3Y11-11. The largest absolute Gasteiger partial charge is 0.413 e. The molecule has 2 aliphatic carbocycles. The third-order valence-electron chi connectivity index (χ3n) is 8.92. The Morgan fingerprint density at radius 2 is 0.789 bits per heavy atom. The molecule has 0 bridgehead atoms. The summed E-state index contributed by atoms with van der Waals surface area (Å²) in [5, 5.41) is 0. The summed E-state index contributed by atoms with van der Waals surface area (Å²) >= 11 is 0. The molecule has 0 aromatic heterocycles. The summed E-state index contributed by atoms with van der Waals surface area (Å²) in [4.78, 5) is 0. The summed E-state index contributed by atoms with van der Waals surface area (Å²) in [6.45, 7) is 56.8. The van der Waals surface area contributed by atoms with E-state index in [2.05, 4.69) is 144 Å². The first-order valence-electron chi connectivity index (χ1n) is 27.1. The van der Waals surface area contributed by atoms with Crippen LogP contribution >= 0.6 is 0 Å². The Labute approximate surface area is 762 Å². The topological polar surface area (TPSA) is 27.7 Å². The van der Waals surface area contributed by atoms with Crippen LogP contribution in [0.15, 0.2) is 24.3 Å². The van der Waals surface area contributed by atoms with Gasteiger partial charge in [0.15, 0.2) is 0 Å². The Kier molecular flexibility index (Phi) is 287. The van der Waals surface area contributed by atoms with Crippen LogP contribution in [-0.2, 0) is 374 Å². The smallest absolute Gasteiger partial charge is 0.0699 e. The minimum Gasteiger partial charge on any atom is -0.413 e. The quantitative estimate of drug-likeness (QED) is 0.0962. The SMILES string of the molecule is CC1CC[CH-]CC1.CC1[CH-]CCCC1.Cc1cc[c-]cc1.[CH2-]CC.[CH2-]CCC.[CH2-]CCC.[CH2-]CCCC.[CH2-]CCCCC.[CH2-]CCCCCC.[CH2-]COCCC.[CH2-]COCCOCCC.[Y].[Y].[Y].[Y].[Y].[Y].[Y].[Y].[Y].[Y].[Y]. The van der Waals surface area contributed by atoms with Gasteiger partial charge in [-0.15, -0.1) is 0 Å². The van der Waals surface area contributed by atoms with Gasteiger partial charge in [0.1, 0.15) is 0 Å².